The van der Waals surface area contributed by atoms with Gasteiger partial charge in [-0.15, -0.1) is 0 Å². The van der Waals surface area contributed by atoms with Crippen molar-refractivity contribution in [2.24, 2.45) is 0 Å². The first-order valence-electron chi connectivity index (χ1n) is 43.2. The van der Waals surface area contributed by atoms with Crippen LogP contribution in [0.5, 0.6) is 0 Å². The van der Waals surface area contributed by atoms with Crippen LogP contribution in [0.4, 0.5) is 89.9 Å². The number of halogens is 13. The van der Waals surface area contributed by atoms with Crippen molar-refractivity contribution in [2.45, 2.75) is 125 Å². The second kappa shape index (κ2) is 63.6. The number of aryl methyl sites for hydroxylation is 4. The molecule has 0 spiro atoms. The Morgan fingerprint density at radius 1 is 0.420 bits per heavy atom. The van der Waals surface area contributed by atoms with Crippen LogP contribution < -0.4 is 159 Å². The van der Waals surface area contributed by atoms with Crippen molar-refractivity contribution < 1.29 is 240 Å². The molecule has 1 fully saturated rings. The summed E-state index contributed by atoms with van der Waals surface area (Å²) in [7, 11) is 0.695. The third kappa shape index (κ3) is 44.2. The Kier molecular flexibility index (Phi) is 55.8. The molecule has 2 amide bonds. The van der Waals surface area contributed by atoms with E-state index in [1.165, 1.54) is 6.92 Å². The number of ether oxygens (including phenoxy) is 3. The van der Waals surface area contributed by atoms with Crippen LogP contribution in [0.2, 0.25) is 0 Å². The summed E-state index contributed by atoms with van der Waals surface area (Å²) in [5.74, 6) is -12.7. The number of amides is 2. The number of benzene rings is 9. The Labute approximate surface area is 960 Å². The van der Waals surface area contributed by atoms with Gasteiger partial charge in [-0.25, -0.2) is 68.6 Å². The van der Waals surface area contributed by atoms with E-state index in [2.05, 4.69) is 88.6 Å². The van der Waals surface area contributed by atoms with E-state index in [-0.39, 0.29) is 157 Å². The molecule has 9 aromatic carbocycles. The SMILES string of the molecule is CC(=O)OC(C(=O)Cl)c1cc(F)cc(F)c1.CC(=O)OC(C(=O)Nc1ccc(-c2ccc(N)nc2)c(C)c1)c1cc(F)cc(F)c1.CC(=O)OC(C(=O)O)c1cc(F)cc(F)c1.CC(C(=O)Cl)c1cc(F)cc(F)c1.CO.Cc1cc(N)ccc1-c1ccc(N)nc1.Cc1cc(N)ccc1B1OC(C)(C)C(C)(C)O1.Cc1cc(NC(=O)C(O)c2cc(F)cc(F)c2)ccc1-c1ccc(N)nc1.Nc1ccc(Br)cn1.O=CO[O-].[H-].[K+].[K+]. The maximum Gasteiger partial charge on any atom is 1.00 e. The maximum absolute atomic E-state index is 13.6. The number of rotatable bonds is 20. The number of nitrogens with zero attached hydrogens (tertiary/aromatic N) is 4. The van der Waals surface area contributed by atoms with Crippen molar-refractivity contribution in [2.75, 3.05) is 52.1 Å². The molecule has 31 nitrogen and oxygen atoms in total. The number of nitrogens with one attached hydrogen (secondary N) is 2. The average molecular weight is 2240 g/mol. The molecule has 784 valence electrons. The van der Waals surface area contributed by atoms with Gasteiger partial charge in [0.1, 0.15) is 81.4 Å². The van der Waals surface area contributed by atoms with Crippen LogP contribution in [0.3, 0.4) is 0 Å². The van der Waals surface area contributed by atoms with E-state index in [1.54, 1.807) is 85.5 Å². The second-order valence-corrected chi connectivity index (χ2v) is 34.0. The molecule has 13 aromatic rings. The minimum atomic E-state index is -1.71. The first kappa shape index (κ1) is 132. The van der Waals surface area contributed by atoms with Gasteiger partial charge in [0.25, 0.3) is 23.5 Å². The summed E-state index contributed by atoms with van der Waals surface area (Å²) in [4.78, 5) is 117. The van der Waals surface area contributed by atoms with Gasteiger partial charge in [-0.3, -0.25) is 38.4 Å². The van der Waals surface area contributed by atoms with Crippen molar-refractivity contribution in [3.05, 3.63) is 350 Å². The number of carbonyl (C=O) groups is 9. The fourth-order valence-corrected chi connectivity index (χ4v) is 13.4. The first-order chi connectivity index (χ1) is 69.4. The van der Waals surface area contributed by atoms with E-state index >= 15 is 0 Å². The van der Waals surface area contributed by atoms with Gasteiger partial charge < -0.3 is 95.4 Å². The van der Waals surface area contributed by atoms with Crippen molar-refractivity contribution in [3.8, 4) is 33.4 Å². The third-order valence-electron chi connectivity index (χ3n) is 20.4. The largest absolute Gasteiger partial charge is 1.00 e. The molecule has 0 saturated carbocycles. The van der Waals surface area contributed by atoms with Gasteiger partial charge in [0, 0.05) is 144 Å². The fourth-order valence-electron chi connectivity index (χ4n) is 12.9. The predicted molar refractivity (Wildman–Crippen MR) is 540 cm³/mol. The summed E-state index contributed by atoms with van der Waals surface area (Å²) in [5, 5.41) is 37.7. The molecule has 150 heavy (non-hydrogen) atoms. The molecule has 0 bridgehead atoms. The van der Waals surface area contributed by atoms with Gasteiger partial charge >= 0.3 is 134 Å². The Hall–Kier alpha value is -12.5. The van der Waals surface area contributed by atoms with Crippen molar-refractivity contribution in [1.29, 1.82) is 0 Å². The number of hydrogen-bond acceptors (Lipinski definition) is 28. The third-order valence-corrected chi connectivity index (χ3v) is 21.4. The molecule has 5 unspecified atom stereocenters. The van der Waals surface area contributed by atoms with Gasteiger partial charge in [-0.1, -0.05) is 31.2 Å². The summed E-state index contributed by atoms with van der Waals surface area (Å²) in [6, 6.07) is 48.9. The number of hydrogen-bond donors (Lipinski definition) is 11. The van der Waals surface area contributed by atoms with Gasteiger partial charge in [0.15, 0.2) is 6.10 Å². The number of carboxylic acids is 1. The number of aliphatic hydroxyl groups is 2. The zero-order valence-electron chi connectivity index (χ0n) is 84.1. The molecule has 17 N–H and O–H groups in total. The molecule has 1 aliphatic heterocycles. The number of carbonyl (C=O) groups excluding carboxylic acids is 8. The van der Waals surface area contributed by atoms with Crippen LogP contribution in [-0.2, 0) is 71.6 Å². The molecule has 0 radical (unpaired) electrons. The standard InChI is InChI=1S/C22H19F2N3O3.C20H17F2N3O2.C13H20BNO2.C12H13N3.C10H7ClF2O3.C10H8F2O4.C9H7ClF2O.C5H5BrN2.CH2O3.CH4O.2K.H/c1-12-7-18(4-5-19(12)14-3-6-20(25)26-11-14)27-22(29)21(30-13(2)28)15-8-16(23)10-17(24)9-15;1-11-6-16(3-4-17(11)12-2-5-18(23)24-10-12)25-20(27)19(26)13-7-14(21)9-15(22)8-13;1-9-8-10(15)6-7-11(9)14-16-12(2,3)13(4,5)17-14;1-8-6-10(13)3-4-11(8)9-2-5-12(14)15-7-9;1-5(14)16-9(10(11)15)6-2-7(12)4-8(13)3-6;1-5(13)16-9(10(14)15)6-2-7(11)4-8(12)3-6;1-5(9(10)13)6-2-7(11)4-8(12)3-6;6-4-1-2-5(7)8-3-4;2-1-4-3;1-2;;;/h3-11,21H,1-2H3,(H2,25,26)(H,27,29);2-10,19,26H,1H3,(H2,23,24)(H,25,27);6-8H,15H2,1-5H3;2-7H,13H2,1H3,(H2,14,15);2-4,9H,1H3;2-4,9H,1H3,(H,14,15);2-5H,1H3;1-3H,(H2,7,8);1,3H;2H,1H3;;;/q;;;;;;;;;;2*+1;-1/p-1. The van der Waals surface area contributed by atoms with E-state index in [4.69, 9.17) is 91.9 Å². The molecular formula is C103H102BBrCl2F10K2N12O19. The number of carboxylic acid groups (broad SMARTS) is 1. The van der Waals surface area contributed by atoms with E-state index in [0.29, 0.717) is 58.9 Å². The molecule has 1 saturated heterocycles. The fraction of sp³-hybridized carbons (Fsp3) is 0.194. The summed E-state index contributed by atoms with van der Waals surface area (Å²) in [6.45, 7) is 20.5. The predicted octanol–water partition coefficient (Wildman–Crippen LogP) is 12.3. The quantitative estimate of drug-likeness (QED) is 0.00388. The zero-order valence-corrected chi connectivity index (χ0v) is 92.4. The summed E-state index contributed by atoms with van der Waals surface area (Å²) in [6.07, 6.45) is 0.324. The molecule has 4 aromatic heterocycles. The van der Waals surface area contributed by atoms with E-state index in [1.807, 2.05) is 88.4 Å². The van der Waals surface area contributed by atoms with Crippen LogP contribution in [0.25, 0.3) is 33.4 Å². The van der Waals surface area contributed by atoms with E-state index in [0.717, 1.165) is 172 Å². The summed E-state index contributed by atoms with van der Waals surface area (Å²) < 4.78 is 157. The van der Waals surface area contributed by atoms with Gasteiger partial charge in [0.05, 0.1) is 17.1 Å². The maximum atomic E-state index is 13.6. The number of nitrogen functional groups attached to an aromatic ring is 6. The van der Waals surface area contributed by atoms with Gasteiger partial charge in [0.2, 0.25) is 23.6 Å². The number of esters is 3. The number of aliphatic hydroxyl groups excluding tert-OH is 2. The minimum absolute atomic E-state index is 0. The van der Waals surface area contributed by atoms with Crippen molar-refractivity contribution in [3.63, 3.8) is 0 Å². The average Bonchev–Trinajstić information content (AvgIpc) is 1.62. The number of aromatic nitrogens is 4. The Morgan fingerprint density at radius 2 is 0.713 bits per heavy atom. The Balaban J connectivity index is 0.000000590. The van der Waals surface area contributed by atoms with Crippen LogP contribution >= 0.6 is 39.1 Å². The Morgan fingerprint density at radius 3 is 1.01 bits per heavy atom. The molecule has 47 heteroatoms. The molecule has 0 aliphatic carbocycles. The van der Waals surface area contributed by atoms with Crippen LogP contribution in [0.1, 0.15) is 137 Å². The topological polar surface area (TPSA) is 524 Å². The molecule has 5 heterocycles. The first-order valence-corrected chi connectivity index (χ1v) is 44.7. The second-order valence-electron chi connectivity index (χ2n) is 32.4. The number of aliphatic carboxylic acids is 1. The number of pyridine rings is 4. The summed E-state index contributed by atoms with van der Waals surface area (Å²) >= 11 is 13.6. The van der Waals surface area contributed by atoms with Crippen LogP contribution in [-0.4, -0.2) is 113 Å². The zero-order chi connectivity index (χ0) is 111. The normalized spacial score (nSPS) is 12.3. The Bertz CT molecular complexity index is 6580. The molecule has 1 aliphatic rings. The molecule has 5 atom stereocenters. The van der Waals surface area contributed by atoms with Crippen LogP contribution in [0.15, 0.2) is 242 Å². The minimum Gasteiger partial charge on any atom is -1.00 e. The number of anilines is 8. The molecule has 14 rings (SSSR count). The van der Waals surface area contributed by atoms with E-state index < -0.39 is 135 Å². The van der Waals surface area contributed by atoms with Crippen LogP contribution in [0, 0.1) is 85.9 Å². The summed E-state index contributed by atoms with van der Waals surface area (Å²) in [5.41, 5.74) is 45.6. The van der Waals surface area contributed by atoms with Crippen molar-refractivity contribution in [1.82, 2.24) is 19.9 Å². The molecular weight excluding hydrogens is 2140 g/mol. The van der Waals surface area contributed by atoms with E-state index in [9.17, 15) is 87.4 Å². The van der Waals surface area contributed by atoms with Crippen molar-refractivity contribution >= 4 is 150 Å². The smallest absolute Gasteiger partial charge is 1.00 e. The van der Waals surface area contributed by atoms with Gasteiger partial charge in [-0.2, -0.15) is 0 Å². The van der Waals surface area contributed by atoms with Gasteiger partial charge in [-0.05, 0) is 308 Å². The number of nitrogens with two attached hydrogens (primary N) is 6. The monoisotopic (exact) mass is 2240 g/mol.